The van der Waals surface area contributed by atoms with Crippen LogP contribution in [0.2, 0.25) is 0 Å². The largest absolute Gasteiger partial charge is 0.435 e. The Morgan fingerprint density at radius 3 is 3.08 bits per heavy atom. The number of nitrogens with zero attached hydrogens (tertiary/aromatic N) is 2. The molecule has 1 N–H and O–H groups in total. The van der Waals surface area contributed by atoms with Crippen molar-refractivity contribution in [2.45, 2.75) is 19.1 Å². The topological polar surface area (TPSA) is 67.5 Å². The number of morpholine rings is 1. The van der Waals surface area contributed by atoms with Crippen molar-refractivity contribution in [2.24, 2.45) is 0 Å². The van der Waals surface area contributed by atoms with Crippen molar-refractivity contribution in [3.63, 3.8) is 0 Å². The Labute approximate surface area is 137 Å². The fraction of sp³-hybridized carbons (Fsp3) is 0.375. The van der Waals surface area contributed by atoms with Crippen LogP contribution in [0.15, 0.2) is 36.5 Å². The molecule has 1 amide bonds. The molecule has 8 heteroatoms. The van der Waals surface area contributed by atoms with Gasteiger partial charge in [0.1, 0.15) is 11.9 Å². The molecular formula is C16H17F2N3O3. The lowest BCUT2D eigenvalue weighted by Crippen LogP contribution is -2.43. The van der Waals surface area contributed by atoms with E-state index in [1.807, 2.05) is 0 Å². The number of carbonyl (C=O) groups excluding carboxylic acids is 1. The smallest absolute Gasteiger partial charge is 0.387 e. The number of amides is 1. The highest BCUT2D eigenvalue weighted by Crippen LogP contribution is 2.26. The molecular weight excluding hydrogens is 320 g/mol. The van der Waals surface area contributed by atoms with E-state index in [-0.39, 0.29) is 24.2 Å². The molecule has 1 saturated heterocycles. The summed E-state index contributed by atoms with van der Waals surface area (Å²) < 4.78 is 34.7. The van der Waals surface area contributed by atoms with Gasteiger partial charge >= 0.3 is 6.61 Å². The van der Waals surface area contributed by atoms with Crippen LogP contribution in [0.5, 0.6) is 5.75 Å². The lowest BCUT2D eigenvalue weighted by Gasteiger charge is -2.33. The van der Waals surface area contributed by atoms with Gasteiger partial charge in [-0.2, -0.15) is 13.9 Å². The van der Waals surface area contributed by atoms with E-state index in [4.69, 9.17) is 4.74 Å². The van der Waals surface area contributed by atoms with Crippen LogP contribution >= 0.6 is 0 Å². The standard InChI is InChI=1S/C16H17F2N3O3/c17-16(18)24-13-3-1-2-11(8-13)14-10-21(6-7-23-14)15(22)9-12-4-5-19-20-12/h1-5,8,14,16H,6-7,9-10H2,(H,19,20). The van der Waals surface area contributed by atoms with Crippen LogP contribution in [0.4, 0.5) is 8.78 Å². The van der Waals surface area contributed by atoms with Crippen molar-refractivity contribution in [1.29, 1.82) is 0 Å². The normalized spacial score (nSPS) is 18.0. The van der Waals surface area contributed by atoms with Gasteiger partial charge in [0, 0.05) is 18.4 Å². The van der Waals surface area contributed by atoms with Gasteiger partial charge in [-0.15, -0.1) is 0 Å². The summed E-state index contributed by atoms with van der Waals surface area (Å²) in [6.07, 6.45) is 1.46. The minimum Gasteiger partial charge on any atom is -0.435 e. The first-order chi connectivity index (χ1) is 11.6. The zero-order valence-electron chi connectivity index (χ0n) is 12.8. The molecule has 0 aliphatic carbocycles. The lowest BCUT2D eigenvalue weighted by molar-refractivity contribution is -0.138. The van der Waals surface area contributed by atoms with Crippen LogP contribution < -0.4 is 4.74 Å². The summed E-state index contributed by atoms with van der Waals surface area (Å²) in [4.78, 5) is 14.1. The Morgan fingerprint density at radius 2 is 2.33 bits per heavy atom. The Balaban J connectivity index is 1.65. The molecule has 1 unspecified atom stereocenters. The first kappa shape index (κ1) is 16.4. The molecule has 0 radical (unpaired) electrons. The van der Waals surface area contributed by atoms with Gasteiger partial charge in [0.2, 0.25) is 5.91 Å². The highest BCUT2D eigenvalue weighted by molar-refractivity contribution is 5.78. The molecule has 2 heterocycles. The second-order valence-corrected chi connectivity index (χ2v) is 5.41. The summed E-state index contributed by atoms with van der Waals surface area (Å²) in [5.74, 6) is 0.0412. The molecule has 24 heavy (non-hydrogen) atoms. The molecule has 1 fully saturated rings. The number of alkyl halides is 2. The summed E-state index contributed by atoms with van der Waals surface area (Å²) in [6, 6.07) is 8.12. The van der Waals surface area contributed by atoms with E-state index in [2.05, 4.69) is 14.9 Å². The zero-order chi connectivity index (χ0) is 16.9. The quantitative estimate of drug-likeness (QED) is 0.908. The molecule has 0 spiro atoms. The Kier molecular flexibility index (Phi) is 5.05. The summed E-state index contributed by atoms with van der Waals surface area (Å²) in [7, 11) is 0. The van der Waals surface area contributed by atoms with Crippen LogP contribution in [0.3, 0.4) is 0 Å². The van der Waals surface area contributed by atoms with Gasteiger partial charge in [-0.1, -0.05) is 12.1 Å². The second-order valence-electron chi connectivity index (χ2n) is 5.41. The number of hydrogen-bond donors (Lipinski definition) is 1. The highest BCUT2D eigenvalue weighted by Gasteiger charge is 2.26. The first-order valence-electron chi connectivity index (χ1n) is 7.54. The molecule has 2 aromatic rings. The number of halogens is 2. The predicted molar refractivity (Wildman–Crippen MR) is 80.6 cm³/mol. The number of benzene rings is 1. The van der Waals surface area contributed by atoms with Crippen molar-refractivity contribution in [1.82, 2.24) is 15.1 Å². The number of carbonyl (C=O) groups is 1. The molecule has 1 aliphatic rings. The summed E-state index contributed by atoms with van der Waals surface area (Å²) >= 11 is 0. The van der Waals surface area contributed by atoms with E-state index in [0.717, 1.165) is 5.69 Å². The van der Waals surface area contributed by atoms with Crippen LogP contribution in [0.25, 0.3) is 0 Å². The van der Waals surface area contributed by atoms with Crippen molar-refractivity contribution < 1.29 is 23.0 Å². The third-order valence-electron chi connectivity index (χ3n) is 3.77. The number of aromatic nitrogens is 2. The third-order valence-corrected chi connectivity index (χ3v) is 3.77. The SMILES string of the molecule is O=C(Cc1ccn[nH]1)N1CCOC(c2cccc(OC(F)F)c2)C1. The van der Waals surface area contributed by atoms with Gasteiger partial charge in [0.15, 0.2) is 0 Å². The minimum atomic E-state index is -2.87. The van der Waals surface area contributed by atoms with Gasteiger partial charge in [0.25, 0.3) is 0 Å². The maximum Gasteiger partial charge on any atom is 0.387 e. The molecule has 1 aromatic heterocycles. The number of hydrogen-bond acceptors (Lipinski definition) is 4. The van der Waals surface area contributed by atoms with Crippen molar-refractivity contribution in [3.8, 4) is 5.75 Å². The summed E-state index contributed by atoms with van der Waals surface area (Å²) in [5, 5.41) is 6.58. The summed E-state index contributed by atoms with van der Waals surface area (Å²) in [6.45, 7) is -1.62. The van der Waals surface area contributed by atoms with Crippen molar-refractivity contribution in [2.75, 3.05) is 19.7 Å². The summed E-state index contributed by atoms with van der Waals surface area (Å²) in [5.41, 5.74) is 1.45. The number of H-pyrrole nitrogens is 1. The molecule has 0 saturated carbocycles. The number of rotatable bonds is 5. The zero-order valence-corrected chi connectivity index (χ0v) is 12.8. The van der Waals surface area contributed by atoms with Crippen LogP contribution in [-0.2, 0) is 16.0 Å². The lowest BCUT2D eigenvalue weighted by atomic mass is 10.1. The van der Waals surface area contributed by atoms with E-state index < -0.39 is 6.61 Å². The third kappa shape index (κ3) is 4.08. The van der Waals surface area contributed by atoms with Crippen molar-refractivity contribution in [3.05, 3.63) is 47.8 Å². The molecule has 1 atom stereocenters. The minimum absolute atomic E-state index is 0.0347. The van der Waals surface area contributed by atoms with Crippen LogP contribution in [0, 0.1) is 0 Å². The predicted octanol–water partition coefficient (Wildman–Crippen LogP) is 2.15. The van der Waals surface area contributed by atoms with Gasteiger partial charge in [-0.25, -0.2) is 0 Å². The van der Waals surface area contributed by atoms with E-state index in [9.17, 15) is 13.6 Å². The van der Waals surface area contributed by atoms with Gasteiger partial charge in [0.05, 0.1) is 19.6 Å². The number of ether oxygens (including phenoxy) is 2. The van der Waals surface area contributed by atoms with Gasteiger partial charge in [-0.05, 0) is 23.8 Å². The molecule has 6 nitrogen and oxygen atoms in total. The monoisotopic (exact) mass is 337 g/mol. The number of nitrogens with one attached hydrogen (secondary N) is 1. The van der Waals surface area contributed by atoms with Crippen LogP contribution in [0.1, 0.15) is 17.4 Å². The first-order valence-corrected chi connectivity index (χ1v) is 7.54. The molecule has 0 bridgehead atoms. The van der Waals surface area contributed by atoms with Gasteiger partial charge < -0.3 is 14.4 Å². The van der Waals surface area contributed by atoms with E-state index in [1.54, 1.807) is 29.3 Å². The average Bonchev–Trinajstić information content (AvgIpc) is 3.07. The number of aromatic amines is 1. The molecule has 128 valence electrons. The highest BCUT2D eigenvalue weighted by atomic mass is 19.3. The molecule has 1 aromatic carbocycles. The second kappa shape index (κ2) is 7.39. The fourth-order valence-corrected chi connectivity index (χ4v) is 2.63. The molecule has 1 aliphatic heterocycles. The van der Waals surface area contributed by atoms with Crippen molar-refractivity contribution >= 4 is 5.91 Å². The fourth-order valence-electron chi connectivity index (χ4n) is 2.63. The maximum atomic E-state index is 12.4. The Hall–Kier alpha value is -2.48. The maximum absolute atomic E-state index is 12.4. The Morgan fingerprint density at radius 1 is 1.46 bits per heavy atom. The van der Waals surface area contributed by atoms with Gasteiger partial charge in [-0.3, -0.25) is 9.89 Å². The average molecular weight is 337 g/mol. The Bertz CT molecular complexity index is 679. The van der Waals surface area contributed by atoms with E-state index >= 15 is 0 Å². The van der Waals surface area contributed by atoms with E-state index in [1.165, 1.54) is 12.1 Å². The molecule has 3 rings (SSSR count). The van der Waals surface area contributed by atoms with E-state index in [0.29, 0.717) is 25.3 Å². The van der Waals surface area contributed by atoms with Crippen LogP contribution in [-0.4, -0.2) is 47.3 Å².